The normalized spacial score (nSPS) is 13.4. The highest BCUT2D eigenvalue weighted by molar-refractivity contribution is 7.25. The van der Waals surface area contributed by atoms with Gasteiger partial charge in [0.25, 0.3) is 0 Å². The summed E-state index contributed by atoms with van der Waals surface area (Å²) in [6, 6.07) is 13.3. The third-order valence-corrected chi connectivity index (χ3v) is 4.13. The SMILES string of the molecule is c1ccc2c(c1)sc1ccc3c(c12)C3. The van der Waals surface area contributed by atoms with Crippen LogP contribution >= 0.6 is 11.3 Å². The van der Waals surface area contributed by atoms with Crippen LogP contribution in [0.3, 0.4) is 0 Å². The Bertz CT molecular complexity index is 661. The summed E-state index contributed by atoms with van der Waals surface area (Å²) in [6.45, 7) is 0. The lowest BCUT2D eigenvalue weighted by molar-refractivity contribution is 1.62. The van der Waals surface area contributed by atoms with Crippen LogP contribution in [0.5, 0.6) is 0 Å². The Kier molecular flexibility index (Phi) is 1.09. The fraction of sp³-hybridized carbons (Fsp3) is 0.0769. The average molecular weight is 196 g/mol. The van der Waals surface area contributed by atoms with Gasteiger partial charge in [-0.05, 0) is 29.7 Å². The topological polar surface area (TPSA) is 0 Å². The van der Waals surface area contributed by atoms with Crippen molar-refractivity contribution in [3.05, 3.63) is 47.5 Å². The Hall–Kier alpha value is -1.34. The summed E-state index contributed by atoms with van der Waals surface area (Å²) in [5.74, 6) is 0. The molecule has 0 spiro atoms. The zero-order valence-corrected chi connectivity index (χ0v) is 8.40. The molecule has 0 unspecified atom stereocenters. The first-order valence-corrected chi connectivity index (χ1v) is 5.67. The molecule has 66 valence electrons. The van der Waals surface area contributed by atoms with E-state index in [4.69, 9.17) is 0 Å². The minimum absolute atomic E-state index is 1.21. The summed E-state index contributed by atoms with van der Waals surface area (Å²) in [4.78, 5) is 0. The van der Waals surface area contributed by atoms with E-state index in [1.54, 1.807) is 11.1 Å². The van der Waals surface area contributed by atoms with Crippen LogP contribution in [0.4, 0.5) is 0 Å². The number of hydrogen-bond donors (Lipinski definition) is 0. The van der Waals surface area contributed by atoms with Gasteiger partial charge in [-0.25, -0.2) is 0 Å². The van der Waals surface area contributed by atoms with E-state index >= 15 is 0 Å². The Morgan fingerprint density at radius 3 is 2.86 bits per heavy atom. The van der Waals surface area contributed by atoms with Crippen LogP contribution in [0, 0.1) is 0 Å². The van der Waals surface area contributed by atoms with Gasteiger partial charge in [0, 0.05) is 20.2 Å². The lowest BCUT2D eigenvalue weighted by Gasteiger charge is -1.88. The minimum atomic E-state index is 1.21. The summed E-state index contributed by atoms with van der Waals surface area (Å²) in [7, 11) is 0. The van der Waals surface area contributed by atoms with Crippen LogP contribution in [0.25, 0.3) is 20.2 Å². The highest BCUT2D eigenvalue weighted by atomic mass is 32.1. The van der Waals surface area contributed by atoms with Crippen molar-refractivity contribution in [1.29, 1.82) is 0 Å². The van der Waals surface area contributed by atoms with Crippen LogP contribution < -0.4 is 0 Å². The van der Waals surface area contributed by atoms with Gasteiger partial charge in [0.2, 0.25) is 0 Å². The van der Waals surface area contributed by atoms with E-state index in [9.17, 15) is 0 Å². The van der Waals surface area contributed by atoms with Crippen LogP contribution in [-0.2, 0) is 6.42 Å². The van der Waals surface area contributed by atoms with Gasteiger partial charge in [0.05, 0.1) is 0 Å². The van der Waals surface area contributed by atoms with Crippen molar-refractivity contribution in [2.75, 3.05) is 0 Å². The van der Waals surface area contributed by atoms with Gasteiger partial charge in [-0.3, -0.25) is 0 Å². The standard InChI is InChI=1S/C13H8S/c1-2-4-11-9(3-1)13-10-7-8(10)5-6-12(13)14-11/h1-6H,7H2. The summed E-state index contributed by atoms with van der Waals surface area (Å²) < 4.78 is 2.87. The molecule has 1 aliphatic carbocycles. The largest absolute Gasteiger partial charge is 0.135 e. The summed E-state index contributed by atoms with van der Waals surface area (Å²) in [5, 5.41) is 2.96. The molecule has 0 atom stereocenters. The number of fused-ring (bicyclic) bond motifs is 5. The first-order chi connectivity index (χ1) is 6.93. The van der Waals surface area contributed by atoms with Crippen molar-refractivity contribution in [1.82, 2.24) is 0 Å². The smallest absolute Gasteiger partial charge is 0.0358 e. The quantitative estimate of drug-likeness (QED) is 0.399. The maximum atomic E-state index is 2.27. The van der Waals surface area contributed by atoms with E-state index < -0.39 is 0 Å². The number of thiophene rings is 1. The monoisotopic (exact) mass is 196 g/mol. The Balaban J connectivity index is 2.38. The molecule has 3 aromatic rings. The molecule has 1 aromatic heterocycles. The first-order valence-electron chi connectivity index (χ1n) is 4.85. The average Bonchev–Trinajstić information content (AvgIpc) is 2.91. The van der Waals surface area contributed by atoms with Gasteiger partial charge in [0.1, 0.15) is 0 Å². The molecule has 0 aliphatic heterocycles. The van der Waals surface area contributed by atoms with Crippen LogP contribution in [0.1, 0.15) is 11.1 Å². The molecule has 0 radical (unpaired) electrons. The minimum Gasteiger partial charge on any atom is -0.135 e. The first kappa shape index (κ1) is 7.02. The Morgan fingerprint density at radius 2 is 1.86 bits per heavy atom. The molecule has 0 saturated carbocycles. The Labute approximate surface area is 85.8 Å². The molecule has 1 heteroatoms. The maximum Gasteiger partial charge on any atom is 0.0358 e. The van der Waals surface area contributed by atoms with Crippen molar-refractivity contribution in [3.63, 3.8) is 0 Å². The van der Waals surface area contributed by atoms with Crippen molar-refractivity contribution in [2.24, 2.45) is 0 Å². The number of hydrogen-bond acceptors (Lipinski definition) is 1. The number of benzene rings is 2. The van der Waals surface area contributed by atoms with E-state index in [1.165, 1.54) is 26.6 Å². The number of rotatable bonds is 0. The second-order valence-corrected chi connectivity index (χ2v) is 4.94. The lowest BCUT2D eigenvalue weighted by atomic mass is 10.1. The Morgan fingerprint density at radius 1 is 0.929 bits per heavy atom. The van der Waals surface area contributed by atoms with Crippen molar-refractivity contribution < 1.29 is 0 Å². The van der Waals surface area contributed by atoms with Crippen LogP contribution in [0.15, 0.2) is 36.4 Å². The summed E-state index contributed by atoms with van der Waals surface area (Å²) >= 11 is 1.91. The van der Waals surface area contributed by atoms with Gasteiger partial charge >= 0.3 is 0 Å². The fourth-order valence-corrected chi connectivity index (χ4v) is 3.36. The van der Waals surface area contributed by atoms with Gasteiger partial charge in [-0.2, -0.15) is 0 Å². The molecular formula is C13H8S. The second-order valence-electron chi connectivity index (χ2n) is 3.85. The van der Waals surface area contributed by atoms with E-state index in [2.05, 4.69) is 36.4 Å². The van der Waals surface area contributed by atoms with Gasteiger partial charge in [0.15, 0.2) is 0 Å². The van der Waals surface area contributed by atoms with Crippen LogP contribution in [-0.4, -0.2) is 0 Å². The lowest BCUT2D eigenvalue weighted by Crippen LogP contribution is -1.64. The molecule has 1 aliphatic rings. The third kappa shape index (κ3) is 0.740. The van der Waals surface area contributed by atoms with Crippen LogP contribution in [0.2, 0.25) is 0 Å². The zero-order valence-electron chi connectivity index (χ0n) is 7.58. The zero-order chi connectivity index (χ0) is 9.12. The highest BCUT2D eigenvalue weighted by Crippen LogP contribution is 2.43. The predicted molar refractivity (Wildman–Crippen MR) is 62.1 cm³/mol. The molecule has 14 heavy (non-hydrogen) atoms. The molecule has 1 heterocycles. The molecule has 0 N–H and O–H groups in total. The van der Waals surface area contributed by atoms with E-state index in [0.29, 0.717) is 0 Å². The van der Waals surface area contributed by atoms with Crippen molar-refractivity contribution in [3.8, 4) is 0 Å². The highest BCUT2D eigenvalue weighted by Gasteiger charge is 2.21. The molecule has 2 aromatic carbocycles. The fourth-order valence-electron chi connectivity index (χ4n) is 2.22. The van der Waals surface area contributed by atoms with Gasteiger partial charge < -0.3 is 0 Å². The van der Waals surface area contributed by atoms with E-state index in [-0.39, 0.29) is 0 Å². The van der Waals surface area contributed by atoms with Crippen molar-refractivity contribution in [2.45, 2.75) is 6.42 Å². The molecule has 0 bridgehead atoms. The van der Waals surface area contributed by atoms with E-state index in [0.717, 1.165) is 0 Å². The van der Waals surface area contributed by atoms with Crippen molar-refractivity contribution >= 4 is 31.5 Å². The van der Waals surface area contributed by atoms with Gasteiger partial charge in [-0.15, -0.1) is 11.3 Å². The molecule has 4 rings (SSSR count). The molecular weight excluding hydrogens is 188 g/mol. The maximum absolute atomic E-state index is 2.27. The predicted octanol–water partition coefficient (Wildman–Crippen LogP) is 3.96. The summed E-state index contributed by atoms with van der Waals surface area (Å²) in [6.07, 6.45) is 1.21. The second kappa shape index (κ2) is 2.18. The van der Waals surface area contributed by atoms with Gasteiger partial charge in [-0.1, -0.05) is 24.3 Å². The third-order valence-electron chi connectivity index (χ3n) is 2.99. The molecule has 0 nitrogen and oxygen atoms in total. The van der Waals surface area contributed by atoms with E-state index in [1.807, 2.05) is 11.3 Å². The molecule has 0 fully saturated rings. The summed E-state index contributed by atoms with van der Waals surface area (Å²) in [5.41, 5.74) is 3.13. The molecule has 0 saturated heterocycles. The molecule has 0 amide bonds.